The van der Waals surface area contributed by atoms with Gasteiger partial charge in [-0.25, -0.2) is 4.99 Å². The van der Waals surface area contributed by atoms with Crippen LogP contribution in [-0.4, -0.2) is 40.5 Å². The van der Waals surface area contributed by atoms with Crippen molar-refractivity contribution in [1.29, 1.82) is 0 Å². The van der Waals surface area contributed by atoms with Gasteiger partial charge in [0.05, 0.1) is 11.3 Å². The normalized spacial score (nSPS) is 18.0. The highest BCUT2D eigenvalue weighted by Crippen LogP contribution is 2.37. The van der Waals surface area contributed by atoms with Gasteiger partial charge in [-0.05, 0) is 36.4 Å². The van der Waals surface area contributed by atoms with Crippen LogP contribution in [0.2, 0.25) is 0 Å². The largest absolute Gasteiger partial charge is 0.507 e. The van der Waals surface area contributed by atoms with Crippen molar-refractivity contribution in [2.75, 3.05) is 18.4 Å². The molecule has 2 heterocycles. The minimum atomic E-state index is -0.526. The number of nitrogens with zero attached hydrogens (tertiary/aromatic N) is 2. The summed E-state index contributed by atoms with van der Waals surface area (Å²) in [6.07, 6.45) is 1.32. The molecule has 26 heavy (non-hydrogen) atoms. The molecule has 2 aromatic carbocycles. The number of aliphatic imine (C=N–C) groups is 1. The van der Waals surface area contributed by atoms with Crippen molar-refractivity contribution in [2.24, 2.45) is 10.7 Å². The number of likely N-dealkylation sites (tertiary alicyclic amines) is 1. The van der Waals surface area contributed by atoms with Crippen LogP contribution in [0.3, 0.4) is 0 Å². The Bertz CT molecular complexity index is 887. The van der Waals surface area contributed by atoms with E-state index >= 15 is 0 Å². The first-order valence-corrected chi connectivity index (χ1v) is 9.27. The Morgan fingerprint density at radius 3 is 2.58 bits per heavy atom. The molecule has 1 fully saturated rings. The lowest BCUT2D eigenvalue weighted by atomic mass is 9.93. The van der Waals surface area contributed by atoms with E-state index in [1.54, 1.807) is 12.1 Å². The first-order valence-electron chi connectivity index (χ1n) is 8.48. The molecule has 4 N–H and O–H groups in total. The van der Waals surface area contributed by atoms with Crippen LogP contribution in [-0.2, 0) is 0 Å². The number of phenolic OH excluding ortho intramolecular Hbond substituents is 1. The predicted molar refractivity (Wildman–Crippen MR) is 104 cm³/mol. The van der Waals surface area contributed by atoms with Crippen LogP contribution in [0.4, 0.5) is 5.69 Å². The van der Waals surface area contributed by atoms with Crippen molar-refractivity contribution in [3.05, 3.63) is 58.1 Å². The Morgan fingerprint density at radius 2 is 1.88 bits per heavy atom. The van der Waals surface area contributed by atoms with E-state index in [2.05, 4.69) is 26.2 Å². The number of fused-ring (bicyclic) bond motifs is 1. The molecule has 0 bridgehead atoms. The Hall–Kier alpha value is -2.54. The van der Waals surface area contributed by atoms with Gasteiger partial charge in [0.15, 0.2) is 0 Å². The number of carbonyl (C=O) groups is 1. The van der Waals surface area contributed by atoms with Gasteiger partial charge in [0.1, 0.15) is 17.2 Å². The molecule has 0 aliphatic carbocycles. The summed E-state index contributed by atoms with van der Waals surface area (Å²) in [6, 6.07) is 12.7. The van der Waals surface area contributed by atoms with E-state index in [1.165, 1.54) is 0 Å². The van der Waals surface area contributed by atoms with Gasteiger partial charge in [-0.2, -0.15) is 0 Å². The molecular formula is C19H19BrN4O2. The van der Waals surface area contributed by atoms with Crippen LogP contribution >= 0.6 is 15.9 Å². The van der Waals surface area contributed by atoms with Gasteiger partial charge in [-0.15, -0.1) is 0 Å². The van der Waals surface area contributed by atoms with Crippen molar-refractivity contribution in [2.45, 2.75) is 18.5 Å². The Kier molecular flexibility index (Phi) is 4.11. The van der Waals surface area contributed by atoms with Crippen molar-refractivity contribution in [3.63, 3.8) is 0 Å². The molecule has 6 nitrogen and oxygen atoms in total. The molecule has 0 aromatic heterocycles. The third-order valence-corrected chi connectivity index (χ3v) is 5.50. The van der Waals surface area contributed by atoms with Crippen molar-refractivity contribution >= 4 is 33.4 Å². The highest BCUT2D eigenvalue weighted by atomic mass is 79.9. The second kappa shape index (κ2) is 6.32. The van der Waals surface area contributed by atoms with E-state index in [0.29, 0.717) is 42.9 Å². The summed E-state index contributed by atoms with van der Waals surface area (Å²) in [7, 11) is 0. The summed E-state index contributed by atoms with van der Waals surface area (Å²) in [4.78, 5) is 19.2. The van der Waals surface area contributed by atoms with Crippen molar-refractivity contribution < 1.29 is 9.90 Å². The van der Waals surface area contributed by atoms with Crippen molar-refractivity contribution in [1.82, 2.24) is 4.90 Å². The van der Waals surface area contributed by atoms with Crippen LogP contribution in [0, 0.1) is 0 Å². The number of halogens is 1. The number of piperidine rings is 1. The van der Waals surface area contributed by atoms with Crippen LogP contribution in [0.15, 0.2) is 51.9 Å². The standard InChI is InChI=1S/C19H19BrN4O2/c20-13-6-4-12(5-7-13)18(26)24-10-8-19(9-11-24)22-14-2-1-3-15(25)16(14)17(21)23-19/h1-7,22,25H,8-11H2,(H2,21,23). The number of carbonyl (C=O) groups excluding carboxylic acids is 1. The lowest BCUT2D eigenvalue weighted by molar-refractivity contribution is 0.0685. The third kappa shape index (κ3) is 2.92. The molecule has 0 unspecified atom stereocenters. The minimum Gasteiger partial charge on any atom is -0.507 e. The third-order valence-electron chi connectivity index (χ3n) is 4.97. The van der Waals surface area contributed by atoms with Crippen LogP contribution < -0.4 is 11.1 Å². The minimum absolute atomic E-state index is 0.0261. The number of hydrogen-bond donors (Lipinski definition) is 3. The Morgan fingerprint density at radius 1 is 1.19 bits per heavy atom. The van der Waals surface area contributed by atoms with Crippen LogP contribution in [0.1, 0.15) is 28.8 Å². The molecule has 0 saturated carbocycles. The predicted octanol–water partition coefficient (Wildman–Crippen LogP) is 2.92. The molecular weight excluding hydrogens is 396 g/mol. The van der Waals surface area contributed by atoms with Gasteiger partial charge in [-0.1, -0.05) is 22.0 Å². The van der Waals surface area contributed by atoms with E-state index in [0.717, 1.165) is 10.2 Å². The highest BCUT2D eigenvalue weighted by Gasteiger charge is 2.39. The molecule has 2 aliphatic heterocycles. The lowest BCUT2D eigenvalue weighted by Gasteiger charge is -2.42. The van der Waals surface area contributed by atoms with Gasteiger partial charge in [0, 0.05) is 36.0 Å². The maximum absolute atomic E-state index is 12.7. The zero-order valence-electron chi connectivity index (χ0n) is 14.1. The van der Waals surface area contributed by atoms with Crippen LogP contribution in [0.25, 0.3) is 0 Å². The molecule has 2 aromatic rings. The highest BCUT2D eigenvalue weighted by molar-refractivity contribution is 9.10. The summed E-state index contributed by atoms with van der Waals surface area (Å²) >= 11 is 3.38. The summed E-state index contributed by atoms with van der Waals surface area (Å²) in [5.74, 6) is 0.483. The van der Waals surface area contributed by atoms with Gasteiger partial charge in [0.2, 0.25) is 0 Å². The number of nitrogens with two attached hydrogens (primary N) is 1. The maximum Gasteiger partial charge on any atom is 0.253 e. The number of phenols is 1. The smallest absolute Gasteiger partial charge is 0.253 e. The van der Waals surface area contributed by atoms with E-state index in [9.17, 15) is 9.90 Å². The fourth-order valence-electron chi connectivity index (χ4n) is 3.57. The Labute approximate surface area is 159 Å². The quantitative estimate of drug-likeness (QED) is 0.668. The zero-order valence-corrected chi connectivity index (χ0v) is 15.7. The van der Waals surface area contributed by atoms with Crippen LogP contribution in [0.5, 0.6) is 5.75 Å². The number of benzene rings is 2. The molecule has 7 heteroatoms. The summed E-state index contributed by atoms with van der Waals surface area (Å²) in [5.41, 5.74) is 7.60. The molecule has 4 rings (SSSR count). The molecule has 2 aliphatic rings. The number of hydrogen-bond acceptors (Lipinski definition) is 5. The fraction of sp³-hybridized carbons (Fsp3) is 0.263. The molecule has 0 radical (unpaired) electrons. The molecule has 1 spiro atoms. The maximum atomic E-state index is 12.7. The van der Waals surface area contributed by atoms with Gasteiger partial charge in [0.25, 0.3) is 5.91 Å². The second-order valence-corrected chi connectivity index (χ2v) is 7.57. The van der Waals surface area contributed by atoms with Gasteiger partial charge < -0.3 is 21.1 Å². The zero-order chi connectivity index (χ0) is 18.3. The molecule has 134 valence electrons. The SMILES string of the molecule is NC1=NC2(CCN(C(=O)c3ccc(Br)cc3)CC2)Nc2cccc(O)c21. The summed E-state index contributed by atoms with van der Waals surface area (Å²) in [6.45, 7) is 1.18. The number of amidine groups is 1. The Balaban J connectivity index is 1.51. The van der Waals surface area contributed by atoms with Gasteiger partial charge >= 0.3 is 0 Å². The first kappa shape index (κ1) is 16.9. The van der Waals surface area contributed by atoms with E-state index in [1.807, 2.05) is 35.2 Å². The van der Waals surface area contributed by atoms with E-state index in [-0.39, 0.29) is 11.7 Å². The van der Waals surface area contributed by atoms with Crippen molar-refractivity contribution in [3.8, 4) is 5.75 Å². The number of anilines is 1. The fourth-order valence-corrected chi connectivity index (χ4v) is 3.83. The monoisotopic (exact) mass is 414 g/mol. The molecule has 0 atom stereocenters. The van der Waals surface area contributed by atoms with E-state index in [4.69, 9.17) is 5.73 Å². The summed E-state index contributed by atoms with van der Waals surface area (Å²) < 4.78 is 0.949. The molecule has 1 amide bonds. The van der Waals surface area contributed by atoms with E-state index < -0.39 is 5.66 Å². The lowest BCUT2D eigenvalue weighted by Crippen LogP contribution is -2.52. The number of aromatic hydroxyl groups is 1. The number of nitrogens with one attached hydrogen (secondary N) is 1. The molecule has 1 saturated heterocycles. The summed E-state index contributed by atoms with van der Waals surface area (Å²) in [5, 5.41) is 13.4. The van der Waals surface area contributed by atoms with Gasteiger partial charge in [-0.3, -0.25) is 4.79 Å². The average Bonchev–Trinajstić information content (AvgIpc) is 2.62. The number of rotatable bonds is 1. The first-order chi connectivity index (χ1) is 12.5. The number of amides is 1. The second-order valence-electron chi connectivity index (χ2n) is 6.65. The topological polar surface area (TPSA) is 91.0 Å². The average molecular weight is 415 g/mol.